The molecule has 0 unspecified atom stereocenters. The van der Waals surface area contributed by atoms with Crippen molar-refractivity contribution in [3.8, 4) is 17.3 Å². The van der Waals surface area contributed by atoms with Gasteiger partial charge in [-0.05, 0) is 91.4 Å². The van der Waals surface area contributed by atoms with Gasteiger partial charge in [0.15, 0.2) is 5.11 Å². The number of nitrogens with one attached hydrogen (secondary N) is 1. The monoisotopic (exact) mass is 503 g/mol. The lowest BCUT2D eigenvalue weighted by Crippen LogP contribution is -2.30. The molecule has 7 heteroatoms. The Bertz CT molecular complexity index is 1500. The van der Waals surface area contributed by atoms with Crippen LogP contribution >= 0.6 is 12.2 Å². The topological polar surface area (TPSA) is 55.2 Å². The van der Waals surface area contributed by atoms with E-state index in [0.717, 1.165) is 40.0 Å². The first-order valence-corrected chi connectivity index (χ1v) is 12.5. The fourth-order valence-corrected chi connectivity index (χ4v) is 5.03. The molecule has 37 heavy (non-hydrogen) atoms. The average Bonchev–Trinajstić information content (AvgIpc) is 3.55. The van der Waals surface area contributed by atoms with Crippen LogP contribution in [-0.2, 0) is 0 Å². The molecule has 182 valence electrons. The lowest BCUT2D eigenvalue weighted by molar-refractivity contribution is 0.482. The zero-order valence-electron chi connectivity index (χ0n) is 20.2. The molecular weight excluding hydrogens is 478 g/mol. The van der Waals surface area contributed by atoms with E-state index < -0.39 is 0 Å². The number of nitrogens with zero attached hydrogens (tertiary/aromatic N) is 4. The number of aryl methyl sites for hydroxylation is 1. The molecule has 5 aromatic rings. The molecule has 0 spiro atoms. The van der Waals surface area contributed by atoms with E-state index >= 15 is 0 Å². The number of ether oxygens (including phenoxy) is 1. The van der Waals surface area contributed by atoms with E-state index in [4.69, 9.17) is 17.0 Å². The number of para-hydroxylation sites is 1. The molecule has 0 radical (unpaired) electrons. The summed E-state index contributed by atoms with van der Waals surface area (Å²) in [7, 11) is 0. The van der Waals surface area contributed by atoms with Crippen molar-refractivity contribution in [2.24, 2.45) is 0 Å². The molecule has 0 bridgehead atoms. The van der Waals surface area contributed by atoms with Crippen molar-refractivity contribution in [1.29, 1.82) is 0 Å². The van der Waals surface area contributed by atoms with Gasteiger partial charge in [-0.2, -0.15) is 0 Å². The van der Waals surface area contributed by atoms with Gasteiger partial charge in [0.1, 0.15) is 23.4 Å². The van der Waals surface area contributed by atoms with Crippen LogP contribution in [0.15, 0.2) is 116 Å². The highest BCUT2D eigenvalue weighted by Gasteiger charge is 2.42. The molecule has 2 aromatic carbocycles. The number of thiocarbonyl (C=S) groups is 1. The van der Waals surface area contributed by atoms with Crippen LogP contribution in [0.1, 0.15) is 29.0 Å². The van der Waals surface area contributed by atoms with Crippen LogP contribution in [0.2, 0.25) is 0 Å². The second-order valence-electron chi connectivity index (χ2n) is 8.90. The Morgan fingerprint density at radius 1 is 0.811 bits per heavy atom. The van der Waals surface area contributed by atoms with Crippen LogP contribution < -0.4 is 15.0 Å². The Labute approximate surface area is 221 Å². The van der Waals surface area contributed by atoms with E-state index in [-0.39, 0.29) is 12.1 Å². The van der Waals surface area contributed by atoms with Gasteiger partial charge in [0.2, 0.25) is 0 Å². The van der Waals surface area contributed by atoms with E-state index in [1.54, 1.807) is 0 Å². The maximum absolute atomic E-state index is 6.01. The molecule has 6 rings (SSSR count). The summed E-state index contributed by atoms with van der Waals surface area (Å²) in [5.41, 5.74) is 4.06. The number of benzene rings is 2. The summed E-state index contributed by atoms with van der Waals surface area (Å²) >= 11 is 5.90. The first kappa shape index (κ1) is 22.9. The third-order valence-electron chi connectivity index (χ3n) is 6.42. The largest absolute Gasteiger partial charge is 0.457 e. The third-order valence-corrected chi connectivity index (χ3v) is 6.73. The summed E-state index contributed by atoms with van der Waals surface area (Å²) in [6.07, 6.45) is 5.74. The number of rotatable bonds is 6. The Hall–Kier alpha value is -4.49. The highest BCUT2D eigenvalue weighted by atomic mass is 32.1. The van der Waals surface area contributed by atoms with Gasteiger partial charge in [0, 0.05) is 30.0 Å². The smallest absolute Gasteiger partial charge is 0.174 e. The first-order valence-electron chi connectivity index (χ1n) is 12.1. The van der Waals surface area contributed by atoms with Crippen molar-refractivity contribution in [3.63, 3.8) is 0 Å². The summed E-state index contributed by atoms with van der Waals surface area (Å²) in [5.74, 6) is 2.41. The summed E-state index contributed by atoms with van der Waals surface area (Å²) in [4.78, 5) is 11.5. The lowest BCUT2D eigenvalue weighted by atomic mass is 10.0. The van der Waals surface area contributed by atoms with Gasteiger partial charge < -0.3 is 19.5 Å². The number of anilines is 1. The molecule has 1 saturated heterocycles. The Morgan fingerprint density at radius 3 is 2.32 bits per heavy atom. The number of hydrogen-bond acceptors (Lipinski definition) is 4. The predicted molar refractivity (Wildman–Crippen MR) is 149 cm³/mol. The highest BCUT2D eigenvalue weighted by molar-refractivity contribution is 7.80. The van der Waals surface area contributed by atoms with Gasteiger partial charge in [-0.1, -0.05) is 30.3 Å². The van der Waals surface area contributed by atoms with Gasteiger partial charge in [-0.15, -0.1) is 0 Å². The summed E-state index contributed by atoms with van der Waals surface area (Å²) in [5, 5.41) is 4.17. The minimum absolute atomic E-state index is 0.145. The van der Waals surface area contributed by atoms with Gasteiger partial charge in [-0.3, -0.25) is 4.98 Å². The molecule has 3 aromatic heterocycles. The van der Waals surface area contributed by atoms with Crippen LogP contribution in [-0.4, -0.2) is 19.6 Å². The van der Waals surface area contributed by atoms with Crippen LogP contribution in [0.3, 0.4) is 0 Å². The number of pyridine rings is 2. The Kier molecular flexibility index (Phi) is 6.12. The van der Waals surface area contributed by atoms with Crippen molar-refractivity contribution in [2.45, 2.75) is 19.0 Å². The van der Waals surface area contributed by atoms with E-state index in [0.29, 0.717) is 5.11 Å². The fraction of sp³-hybridized carbons (Fsp3) is 0.100. The molecule has 1 aliphatic heterocycles. The molecule has 1 N–H and O–H groups in total. The van der Waals surface area contributed by atoms with Gasteiger partial charge in [0.05, 0.1) is 11.7 Å². The van der Waals surface area contributed by atoms with E-state index in [1.165, 1.54) is 0 Å². The molecule has 0 amide bonds. The molecule has 2 atom stereocenters. The molecular formula is C30H25N5OS. The maximum atomic E-state index is 6.01. The maximum Gasteiger partial charge on any atom is 0.174 e. The highest BCUT2D eigenvalue weighted by Crippen LogP contribution is 2.42. The Balaban J connectivity index is 1.40. The Morgan fingerprint density at radius 2 is 1.59 bits per heavy atom. The quantitative estimate of drug-likeness (QED) is 0.265. The summed E-state index contributed by atoms with van der Waals surface area (Å²) in [6, 6.07) is 31.7. The van der Waals surface area contributed by atoms with Crippen molar-refractivity contribution >= 4 is 23.0 Å². The average molecular weight is 504 g/mol. The number of aromatic nitrogens is 3. The molecule has 0 aliphatic carbocycles. The van der Waals surface area contributed by atoms with Crippen molar-refractivity contribution in [1.82, 2.24) is 19.9 Å². The molecule has 4 heterocycles. The SMILES string of the molecule is Cc1ccc(-n2cccc2[C@H]2[C@H](c3ccccn3)NC(=S)N2c2ccc(Oc3ccccc3)cc2)nc1. The zero-order chi connectivity index (χ0) is 25.2. The second-order valence-corrected chi connectivity index (χ2v) is 9.29. The minimum atomic E-state index is -0.151. The summed E-state index contributed by atoms with van der Waals surface area (Å²) in [6.45, 7) is 2.04. The minimum Gasteiger partial charge on any atom is -0.457 e. The van der Waals surface area contributed by atoms with Crippen LogP contribution in [0.5, 0.6) is 11.5 Å². The molecule has 1 aliphatic rings. The second kappa shape index (κ2) is 9.87. The third kappa shape index (κ3) is 4.57. The van der Waals surface area contributed by atoms with Crippen LogP contribution in [0.25, 0.3) is 5.82 Å². The number of hydrogen-bond donors (Lipinski definition) is 1. The van der Waals surface area contributed by atoms with E-state index in [1.807, 2.05) is 110 Å². The zero-order valence-corrected chi connectivity index (χ0v) is 21.0. The summed E-state index contributed by atoms with van der Waals surface area (Å²) < 4.78 is 8.13. The molecule has 0 saturated carbocycles. The fourth-order valence-electron chi connectivity index (χ4n) is 4.68. The normalized spacial score (nSPS) is 17.0. The molecule has 1 fully saturated rings. The van der Waals surface area contributed by atoms with Crippen molar-refractivity contribution in [2.75, 3.05) is 4.90 Å². The van der Waals surface area contributed by atoms with Crippen molar-refractivity contribution in [3.05, 3.63) is 133 Å². The van der Waals surface area contributed by atoms with Crippen LogP contribution in [0.4, 0.5) is 5.69 Å². The predicted octanol–water partition coefficient (Wildman–Crippen LogP) is 6.55. The standard InChI is InChI=1S/C30H25N5OS/c1-21-12-17-27(32-20-21)34-19-7-11-26(34)29-28(25-10-5-6-18-31-25)33-30(37)35(29)22-13-15-24(16-14-22)36-23-8-3-2-4-9-23/h2-20,28-29H,1H3,(H,33,37)/t28-,29-/m0/s1. The van der Waals surface area contributed by atoms with Crippen LogP contribution in [0, 0.1) is 6.92 Å². The van der Waals surface area contributed by atoms with Gasteiger partial charge in [-0.25, -0.2) is 4.98 Å². The van der Waals surface area contributed by atoms with E-state index in [9.17, 15) is 0 Å². The van der Waals surface area contributed by atoms with Gasteiger partial charge in [0.25, 0.3) is 0 Å². The first-order chi connectivity index (χ1) is 18.2. The lowest BCUT2D eigenvalue weighted by Gasteiger charge is -2.29. The van der Waals surface area contributed by atoms with Crippen molar-refractivity contribution < 1.29 is 4.74 Å². The van der Waals surface area contributed by atoms with E-state index in [2.05, 4.69) is 36.9 Å². The van der Waals surface area contributed by atoms with Gasteiger partial charge >= 0.3 is 0 Å². The molecule has 6 nitrogen and oxygen atoms in total.